The Balaban J connectivity index is 1.29. The number of hydrogen-bond acceptors (Lipinski definition) is 4. The lowest BCUT2D eigenvalue weighted by atomic mass is 9.99. The van der Waals surface area contributed by atoms with Crippen molar-refractivity contribution < 1.29 is 4.79 Å². The van der Waals surface area contributed by atoms with E-state index in [1.54, 1.807) is 0 Å². The number of piperazine rings is 1. The number of hydrogen-bond donors (Lipinski definition) is 0. The van der Waals surface area contributed by atoms with Gasteiger partial charge in [0, 0.05) is 47.7 Å². The highest BCUT2D eigenvalue weighted by Crippen LogP contribution is 2.33. The highest BCUT2D eigenvalue weighted by molar-refractivity contribution is 6.31. The Bertz CT molecular complexity index is 1410. The molecule has 1 aliphatic heterocycles. The molecule has 5 nitrogen and oxygen atoms in total. The lowest BCUT2D eigenvalue weighted by Crippen LogP contribution is -2.49. The molecule has 1 aliphatic carbocycles. The van der Waals surface area contributed by atoms with E-state index in [1.807, 2.05) is 35.2 Å². The molecule has 1 saturated heterocycles. The molecule has 0 unspecified atom stereocenters. The summed E-state index contributed by atoms with van der Waals surface area (Å²) in [5.41, 5.74) is 6.10. The zero-order valence-electron chi connectivity index (χ0n) is 18.6. The van der Waals surface area contributed by atoms with E-state index in [2.05, 4.69) is 30.0 Å². The van der Waals surface area contributed by atoms with Gasteiger partial charge in [-0.3, -0.25) is 9.78 Å². The van der Waals surface area contributed by atoms with Crippen molar-refractivity contribution in [2.45, 2.75) is 26.2 Å². The van der Waals surface area contributed by atoms with Gasteiger partial charge in [0.15, 0.2) is 0 Å². The molecule has 0 atom stereocenters. The Kier molecular flexibility index (Phi) is 4.95. The summed E-state index contributed by atoms with van der Waals surface area (Å²) in [4.78, 5) is 27.8. The van der Waals surface area contributed by atoms with E-state index in [4.69, 9.17) is 21.6 Å². The van der Waals surface area contributed by atoms with E-state index in [0.717, 1.165) is 71.4 Å². The highest BCUT2D eigenvalue weighted by atomic mass is 35.5. The van der Waals surface area contributed by atoms with Crippen LogP contribution in [0.2, 0.25) is 5.02 Å². The average molecular weight is 457 g/mol. The number of fused-ring (bicyclic) bond motifs is 3. The van der Waals surface area contributed by atoms with Crippen LogP contribution in [-0.4, -0.2) is 47.0 Å². The molecule has 166 valence electrons. The second-order valence-electron chi connectivity index (χ2n) is 9.02. The first kappa shape index (κ1) is 20.4. The van der Waals surface area contributed by atoms with E-state index in [-0.39, 0.29) is 5.91 Å². The zero-order chi connectivity index (χ0) is 22.5. The second-order valence-corrected chi connectivity index (χ2v) is 9.46. The van der Waals surface area contributed by atoms with E-state index in [9.17, 15) is 4.79 Å². The van der Waals surface area contributed by atoms with Gasteiger partial charge in [-0.15, -0.1) is 0 Å². The summed E-state index contributed by atoms with van der Waals surface area (Å²) in [5.74, 6) is 1.09. The molecule has 3 heterocycles. The summed E-state index contributed by atoms with van der Waals surface area (Å²) in [6, 6.07) is 16.1. The standard InChI is InChI=1S/C27H25ClN4O/c1-17-15-25(30-22-7-3-2-5-19(17)22)31-11-13-32(14-12-31)27(33)26-20-6-4-8-23(20)29-24-10-9-18(28)16-21(24)26/h2-3,5,7,9-10,15-16H,4,6,8,11-14H2,1H3. The summed E-state index contributed by atoms with van der Waals surface area (Å²) < 4.78 is 0. The van der Waals surface area contributed by atoms with Crippen LogP contribution in [-0.2, 0) is 12.8 Å². The number of rotatable bonds is 2. The molecule has 1 amide bonds. The number of aryl methyl sites for hydroxylation is 2. The lowest BCUT2D eigenvalue weighted by Gasteiger charge is -2.36. The number of halogens is 1. The minimum atomic E-state index is 0.102. The summed E-state index contributed by atoms with van der Waals surface area (Å²) in [6.07, 6.45) is 2.90. The summed E-state index contributed by atoms with van der Waals surface area (Å²) >= 11 is 6.31. The van der Waals surface area contributed by atoms with Crippen molar-refractivity contribution in [3.8, 4) is 0 Å². The molecule has 2 aromatic carbocycles. The topological polar surface area (TPSA) is 49.3 Å². The fourth-order valence-electron chi connectivity index (χ4n) is 5.27. The first-order chi connectivity index (χ1) is 16.1. The van der Waals surface area contributed by atoms with E-state index in [0.29, 0.717) is 18.1 Å². The van der Waals surface area contributed by atoms with Gasteiger partial charge >= 0.3 is 0 Å². The summed E-state index contributed by atoms with van der Waals surface area (Å²) in [7, 11) is 0. The number of carbonyl (C=O) groups excluding carboxylic acids is 1. The smallest absolute Gasteiger partial charge is 0.255 e. The third kappa shape index (κ3) is 3.51. The first-order valence-electron chi connectivity index (χ1n) is 11.6. The molecule has 6 heteroatoms. The van der Waals surface area contributed by atoms with Gasteiger partial charge in [0.2, 0.25) is 0 Å². The van der Waals surface area contributed by atoms with Gasteiger partial charge in [0.1, 0.15) is 5.82 Å². The van der Waals surface area contributed by atoms with Crippen LogP contribution in [0.15, 0.2) is 48.5 Å². The molecule has 2 aliphatic rings. The largest absolute Gasteiger partial charge is 0.353 e. The van der Waals surface area contributed by atoms with Gasteiger partial charge in [-0.05, 0) is 67.6 Å². The van der Waals surface area contributed by atoms with Gasteiger partial charge in [0.05, 0.1) is 16.6 Å². The quantitative estimate of drug-likeness (QED) is 0.416. The van der Waals surface area contributed by atoms with Crippen molar-refractivity contribution in [1.82, 2.24) is 14.9 Å². The fraction of sp³-hybridized carbons (Fsp3) is 0.296. The molecule has 1 fully saturated rings. The Labute approximate surface area is 198 Å². The molecule has 0 spiro atoms. The number of amides is 1. The molecule has 33 heavy (non-hydrogen) atoms. The minimum absolute atomic E-state index is 0.102. The van der Waals surface area contributed by atoms with E-state index >= 15 is 0 Å². The van der Waals surface area contributed by atoms with Gasteiger partial charge in [0.25, 0.3) is 5.91 Å². The number of nitrogens with zero attached hydrogens (tertiary/aromatic N) is 4. The SMILES string of the molecule is Cc1cc(N2CCN(C(=O)c3c4c(nc5ccc(Cl)cc35)CCC4)CC2)nc2ccccc12. The number of anilines is 1. The maximum atomic E-state index is 13.8. The number of para-hydroxylation sites is 1. The van der Waals surface area contributed by atoms with Crippen molar-refractivity contribution >= 4 is 45.1 Å². The predicted molar refractivity (Wildman–Crippen MR) is 133 cm³/mol. The van der Waals surface area contributed by atoms with Crippen LogP contribution >= 0.6 is 11.6 Å². The van der Waals surface area contributed by atoms with Gasteiger partial charge < -0.3 is 9.80 Å². The normalized spacial score (nSPS) is 15.9. The minimum Gasteiger partial charge on any atom is -0.353 e. The van der Waals surface area contributed by atoms with Gasteiger partial charge in [-0.1, -0.05) is 29.8 Å². The van der Waals surface area contributed by atoms with E-state index in [1.165, 1.54) is 10.9 Å². The lowest BCUT2D eigenvalue weighted by molar-refractivity contribution is 0.0747. The Morgan fingerprint density at radius 3 is 2.55 bits per heavy atom. The van der Waals surface area contributed by atoms with Gasteiger partial charge in [-0.2, -0.15) is 0 Å². The molecule has 2 aromatic heterocycles. The Morgan fingerprint density at radius 2 is 1.70 bits per heavy atom. The maximum absolute atomic E-state index is 13.8. The Hall–Kier alpha value is -3.18. The van der Waals surface area contributed by atoms with Crippen molar-refractivity contribution in [1.29, 1.82) is 0 Å². The Morgan fingerprint density at radius 1 is 0.909 bits per heavy atom. The van der Waals surface area contributed by atoms with Crippen molar-refractivity contribution in [3.63, 3.8) is 0 Å². The van der Waals surface area contributed by atoms with Crippen LogP contribution in [0.4, 0.5) is 5.82 Å². The highest BCUT2D eigenvalue weighted by Gasteiger charge is 2.29. The summed E-state index contributed by atoms with van der Waals surface area (Å²) in [6.45, 7) is 5.01. The van der Waals surface area contributed by atoms with Crippen LogP contribution in [0, 0.1) is 6.92 Å². The number of carbonyl (C=O) groups is 1. The predicted octanol–water partition coefficient (Wildman–Crippen LogP) is 5.20. The second kappa shape index (κ2) is 7.99. The third-order valence-corrected chi connectivity index (χ3v) is 7.22. The average Bonchev–Trinajstić information content (AvgIpc) is 3.30. The first-order valence-corrected chi connectivity index (χ1v) is 12.0. The summed E-state index contributed by atoms with van der Waals surface area (Å²) in [5, 5.41) is 2.70. The zero-order valence-corrected chi connectivity index (χ0v) is 19.4. The number of pyridine rings is 2. The van der Waals surface area contributed by atoms with Crippen LogP contribution in [0.25, 0.3) is 21.8 Å². The fourth-order valence-corrected chi connectivity index (χ4v) is 5.44. The molecule has 4 aromatic rings. The van der Waals surface area contributed by atoms with Crippen LogP contribution in [0.3, 0.4) is 0 Å². The molecule has 0 N–H and O–H groups in total. The molecule has 0 radical (unpaired) electrons. The molecule has 6 rings (SSSR count). The van der Waals surface area contributed by atoms with Gasteiger partial charge in [-0.25, -0.2) is 4.98 Å². The molecule has 0 saturated carbocycles. The van der Waals surface area contributed by atoms with Crippen molar-refractivity contribution in [3.05, 3.63) is 75.9 Å². The van der Waals surface area contributed by atoms with E-state index < -0.39 is 0 Å². The number of benzene rings is 2. The van der Waals surface area contributed by atoms with Crippen molar-refractivity contribution in [2.75, 3.05) is 31.1 Å². The number of aromatic nitrogens is 2. The molecule has 0 bridgehead atoms. The monoisotopic (exact) mass is 456 g/mol. The molecular weight excluding hydrogens is 432 g/mol. The maximum Gasteiger partial charge on any atom is 0.255 e. The third-order valence-electron chi connectivity index (χ3n) is 6.99. The van der Waals surface area contributed by atoms with Crippen LogP contribution in [0.1, 0.15) is 33.6 Å². The van der Waals surface area contributed by atoms with Crippen LogP contribution < -0.4 is 4.90 Å². The van der Waals surface area contributed by atoms with Crippen LogP contribution in [0.5, 0.6) is 0 Å². The molecular formula is C27H25ClN4O. The van der Waals surface area contributed by atoms with Crippen molar-refractivity contribution in [2.24, 2.45) is 0 Å².